The Hall–Kier alpha value is -2.24. The van der Waals surface area contributed by atoms with Crippen molar-refractivity contribution in [3.05, 3.63) is 17.7 Å². The van der Waals surface area contributed by atoms with Gasteiger partial charge in [-0.05, 0) is 18.6 Å². The molecule has 96 valence electrons. The fourth-order valence-corrected chi connectivity index (χ4v) is 1.86. The maximum absolute atomic E-state index is 11.7. The molecule has 0 bridgehead atoms. The van der Waals surface area contributed by atoms with Gasteiger partial charge >= 0.3 is 5.97 Å². The van der Waals surface area contributed by atoms with Crippen LogP contribution in [0.25, 0.3) is 0 Å². The first-order valence-corrected chi connectivity index (χ1v) is 5.36. The number of rotatable bonds is 3. The lowest BCUT2D eigenvalue weighted by molar-refractivity contribution is -0.137. The largest absolute Gasteiger partial charge is 0.496 e. The summed E-state index contributed by atoms with van der Waals surface area (Å²) in [7, 11) is 1.52. The number of carbonyl (C=O) groups is 2. The van der Waals surface area contributed by atoms with Crippen molar-refractivity contribution in [2.45, 2.75) is 6.92 Å². The van der Waals surface area contributed by atoms with E-state index in [4.69, 9.17) is 14.6 Å². The van der Waals surface area contributed by atoms with E-state index in [1.807, 2.05) is 6.92 Å². The molecule has 0 atom stereocenters. The highest BCUT2D eigenvalue weighted by atomic mass is 16.5. The molecule has 0 spiro atoms. The first-order chi connectivity index (χ1) is 8.52. The van der Waals surface area contributed by atoms with Crippen LogP contribution in [-0.2, 0) is 9.59 Å². The van der Waals surface area contributed by atoms with Crippen molar-refractivity contribution in [3.8, 4) is 11.5 Å². The smallest absolute Gasteiger partial charge is 0.323 e. The predicted molar refractivity (Wildman–Crippen MR) is 63.2 cm³/mol. The first-order valence-electron chi connectivity index (χ1n) is 5.36. The van der Waals surface area contributed by atoms with Crippen LogP contribution in [0.4, 0.5) is 5.69 Å². The minimum Gasteiger partial charge on any atom is -0.496 e. The normalized spacial score (nSPS) is 13.9. The van der Waals surface area contributed by atoms with E-state index in [9.17, 15) is 9.59 Å². The van der Waals surface area contributed by atoms with Gasteiger partial charge in [-0.2, -0.15) is 0 Å². The second-order valence-electron chi connectivity index (χ2n) is 3.95. The predicted octanol–water partition coefficient (Wildman–Crippen LogP) is 0.814. The van der Waals surface area contributed by atoms with Crippen LogP contribution in [0.1, 0.15) is 5.56 Å². The summed E-state index contributed by atoms with van der Waals surface area (Å²) in [6.45, 7) is 1.31. The molecule has 2 rings (SSSR count). The summed E-state index contributed by atoms with van der Waals surface area (Å²) in [6.07, 6.45) is 0. The van der Waals surface area contributed by atoms with Crippen molar-refractivity contribution < 1.29 is 24.2 Å². The number of carbonyl (C=O) groups excluding carboxylic acids is 1. The third-order valence-corrected chi connectivity index (χ3v) is 2.71. The van der Waals surface area contributed by atoms with Crippen LogP contribution in [0.15, 0.2) is 12.1 Å². The number of benzene rings is 1. The Bertz CT molecular complexity index is 511. The highest BCUT2D eigenvalue weighted by Crippen LogP contribution is 2.37. The van der Waals surface area contributed by atoms with Gasteiger partial charge in [0.2, 0.25) is 0 Å². The number of carboxylic acid groups (broad SMARTS) is 1. The van der Waals surface area contributed by atoms with Crippen LogP contribution >= 0.6 is 0 Å². The van der Waals surface area contributed by atoms with Gasteiger partial charge in [0, 0.05) is 6.07 Å². The van der Waals surface area contributed by atoms with Gasteiger partial charge in [-0.25, -0.2) is 0 Å². The summed E-state index contributed by atoms with van der Waals surface area (Å²) in [5, 5.41) is 8.82. The maximum Gasteiger partial charge on any atom is 0.323 e. The summed E-state index contributed by atoms with van der Waals surface area (Å²) in [5.41, 5.74) is 1.29. The Morgan fingerprint density at radius 3 is 2.89 bits per heavy atom. The van der Waals surface area contributed by atoms with Crippen molar-refractivity contribution in [1.29, 1.82) is 0 Å². The molecule has 6 nitrogen and oxygen atoms in total. The molecule has 1 N–H and O–H groups in total. The Labute approximate surface area is 104 Å². The molecule has 6 heteroatoms. The number of aryl methyl sites for hydroxylation is 1. The van der Waals surface area contributed by atoms with Gasteiger partial charge in [0.05, 0.1) is 12.8 Å². The maximum atomic E-state index is 11.7. The van der Waals surface area contributed by atoms with Crippen LogP contribution in [0, 0.1) is 6.92 Å². The molecule has 1 aliphatic rings. The van der Waals surface area contributed by atoms with Crippen molar-refractivity contribution in [2.24, 2.45) is 0 Å². The third kappa shape index (κ3) is 2.09. The molecule has 0 aliphatic carbocycles. The summed E-state index contributed by atoms with van der Waals surface area (Å²) < 4.78 is 10.4. The number of hydrogen-bond donors (Lipinski definition) is 1. The van der Waals surface area contributed by atoms with E-state index in [0.717, 1.165) is 5.56 Å². The zero-order valence-corrected chi connectivity index (χ0v) is 10.1. The molecule has 0 saturated carbocycles. The zero-order chi connectivity index (χ0) is 13.3. The van der Waals surface area contributed by atoms with Gasteiger partial charge < -0.3 is 14.6 Å². The molecule has 1 aromatic carbocycles. The van der Waals surface area contributed by atoms with Gasteiger partial charge in [-0.3, -0.25) is 14.5 Å². The average molecular weight is 251 g/mol. The van der Waals surface area contributed by atoms with Crippen LogP contribution < -0.4 is 14.4 Å². The number of nitrogens with zero attached hydrogens (tertiary/aromatic N) is 1. The summed E-state index contributed by atoms with van der Waals surface area (Å²) >= 11 is 0. The van der Waals surface area contributed by atoms with Crippen LogP contribution in [-0.4, -0.2) is 37.2 Å². The molecule has 1 heterocycles. The Balaban J connectivity index is 2.47. The Morgan fingerprint density at radius 2 is 2.28 bits per heavy atom. The van der Waals surface area contributed by atoms with Crippen LogP contribution in [0.2, 0.25) is 0 Å². The van der Waals surface area contributed by atoms with Crippen molar-refractivity contribution in [2.75, 3.05) is 25.2 Å². The van der Waals surface area contributed by atoms with E-state index in [1.165, 1.54) is 12.0 Å². The van der Waals surface area contributed by atoms with Gasteiger partial charge in [0.1, 0.15) is 18.0 Å². The second-order valence-corrected chi connectivity index (χ2v) is 3.95. The molecule has 1 amide bonds. The van der Waals surface area contributed by atoms with E-state index in [1.54, 1.807) is 12.1 Å². The molecule has 0 aromatic heterocycles. The Morgan fingerprint density at radius 1 is 1.56 bits per heavy atom. The average Bonchev–Trinajstić information content (AvgIpc) is 2.32. The number of anilines is 1. The van der Waals surface area contributed by atoms with Crippen molar-refractivity contribution in [1.82, 2.24) is 0 Å². The minimum atomic E-state index is -1.07. The minimum absolute atomic E-state index is 0.147. The number of hydrogen-bond acceptors (Lipinski definition) is 4. The van der Waals surface area contributed by atoms with Gasteiger partial charge in [0.15, 0.2) is 6.61 Å². The highest BCUT2D eigenvalue weighted by molar-refractivity contribution is 6.01. The standard InChI is InChI=1S/C12H13NO5/c1-7-3-10-8(4-9(7)17-2)13(5-12(15)16)11(14)6-18-10/h3-4H,5-6H2,1-2H3,(H,15,16). The molecule has 1 aliphatic heterocycles. The lowest BCUT2D eigenvalue weighted by Crippen LogP contribution is -2.42. The molecular weight excluding hydrogens is 238 g/mol. The molecule has 18 heavy (non-hydrogen) atoms. The number of aliphatic carboxylic acids is 1. The number of fused-ring (bicyclic) bond motifs is 1. The third-order valence-electron chi connectivity index (χ3n) is 2.71. The lowest BCUT2D eigenvalue weighted by atomic mass is 10.1. The molecular formula is C12H13NO5. The molecule has 0 unspecified atom stereocenters. The molecule has 1 aromatic rings. The summed E-state index contributed by atoms with van der Waals surface area (Å²) in [5.74, 6) is -0.372. The van der Waals surface area contributed by atoms with E-state index in [2.05, 4.69) is 0 Å². The topological polar surface area (TPSA) is 76.1 Å². The van der Waals surface area contributed by atoms with E-state index < -0.39 is 5.97 Å². The fourth-order valence-electron chi connectivity index (χ4n) is 1.86. The van der Waals surface area contributed by atoms with E-state index >= 15 is 0 Å². The molecule has 0 radical (unpaired) electrons. The fraction of sp³-hybridized carbons (Fsp3) is 0.333. The van der Waals surface area contributed by atoms with Gasteiger partial charge in [0.25, 0.3) is 5.91 Å². The number of methoxy groups -OCH3 is 1. The lowest BCUT2D eigenvalue weighted by Gasteiger charge is -2.28. The first kappa shape index (κ1) is 12.2. The number of amides is 1. The quantitative estimate of drug-likeness (QED) is 0.860. The van der Waals surface area contributed by atoms with Crippen molar-refractivity contribution >= 4 is 17.6 Å². The van der Waals surface area contributed by atoms with Crippen LogP contribution in [0.5, 0.6) is 11.5 Å². The summed E-state index contributed by atoms with van der Waals surface area (Å²) in [6, 6.07) is 3.35. The number of carboxylic acids is 1. The van der Waals surface area contributed by atoms with Crippen LogP contribution in [0.3, 0.4) is 0 Å². The van der Waals surface area contributed by atoms with Gasteiger partial charge in [-0.15, -0.1) is 0 Å². The highest BCUT2D eigenvalue weighted by Gasteiger charge is 2.28. The summed E-state index contributed by atoms with van der Waals surface area (Å²) in [4.78, 5) is 23.6. The van der Waals surface area contributed by atoms with E-state index in [-0.39, 0.29) is 19.1 Å². The molecule has 0 fully saturated rings. The Kier molecular flexibility index (Phi) is 3.10. The monoisotopic (exact) mass is 251 g/mol. The van der Waals surface area contributed by atoms with Crippen molar-refractivity contribution in [3.63, 3.8) is 0 Å². The van der Waals surface area contributed by atoms with E-state index in [0.29, 0.717) is 17.2 Å². The number of ether oxygens (including phenoxy) is 2. The van der Waals surface area contributed by atoms with Gasteiger partial charge in [-0.1, -0.05) is 0 Å². The zero-order valence-electron chi connectivity index (χ0n) is 10.1. The molecule has 0 saturated heterocycles. The second kappa shape index (κ2) is 4.56. The SMILES string of the molecule is COc1cc2c(cc1C)OCC(=O)N2CC(=O)O.